The van der Waals surface area contributed by atoms with Gasteiger partial charge in [0.1, 0.15) is 5.75 Å². The van der Waals surface area contributed by atoms with Gasteiger partial charge < -0.3 is 19.5 Å². The molecule has 1 amide bonds. The molecule has 3 aromatic carbocycles. The van der Waals surface area contributed by atoms with E-state index in [1.54, 1.807) is 44.6 Å². The number of para-hydroxylation sites is 1. The molecule has 0 atom stereocenters. The Labute approximate surface area is 164 Å². The highest BCUT2D eigenvalue weighted by Gasteiger charge is 2.14. The summed E-state index contributed by atoms with van der Waals surface area (Å²) in [6.45, 7) is 0.491. The van der Waals surface area contributed by atoms with Crippen LogP contribution in [0.15, 0.2) is 72.8 Å². The summed E-state index contributed by atoms with van der Waals surface area (Å²) in [5.74, 6) is 1.46. The van der Waals surface area contributed by atoms with E-state index >= 15 is 0 Å². The molecule has 0 unspecified atom stereocenters. The van der Waals surface area contributed by atoms with Crippen molar-refractivity contribution in [1.29, 1.82) is 0 Å². The van der Waals surface area contributed by atoms with Gasteiger partial charge in [0.2, 0.25) is 0 Å². The number of hydrogen-bond acceptors (Lipinski definition) is 4. The number of methoxy groups -OCH3 is 2. The lowest BCUT2D eigenvalue weighted by Gasteiger charge is -2.13. The fraction of sp³-hybridized carbons (Fsp3) is 0.174. The molecule has 0 aromatic heterocycles. The molecule has 1 N–H and O–H groups in total. The molecule has 28 heavy (non-hydrogen) atoms. The molecular weight excluding hydrogens is 354 g/mol. The summed E-state index contributed by atoms with van der Waals surface area (Å²) in [6.07, 6.45) is 0.770. The second kappa shape index (κ2) is 9.46. The van der Waals surface area contributed by atoms with E-state index in [4.69, 9.17) is 14.2 Å². The molecule has 0 aliphatic rings. The zero-order chi connectivity index (χ0) is 19.8. The summed E-state index contributed by atoms with van der Waals surface area (Å²) < 4.78 is 16.4. The minimum absolute atomic E-state index is 0.248. The Balaban J connectivity index is 1.68. The molecule has 5 heteroatoms. The van der Waals surface area contributed by atoms with Crippen LogP contribution in [0, 0.1) is 0 Å². The van der Waals surface area contributed by atoms with Crippen molar-refractivity contribution in [2.75, 3.05) is 26.1 Å². The molecule has 0 heterocycles. The van der Waals surface area contributed by atoms with Gasteiger partial charge in [0.15, 0.2) is 11.5 Å². The minimum atomic E-state index is -0.248. The lowest BCUT2D eigenvalue weighted by Crippen LogP contribution is -2.14. The second-order valence-electron chi connectivity index (χ2n) is 6.10. The summed E-state index contributed by atoms with van der Waals surface area (Å²) in [6, 6.07) is 22.5. The first kappa shape index (κ1) is 19.3. The molecule has 0 spiro atoms. The van der Waals surface area contributed by atoms with Crippen LogP contribution < -0.4 is 19.5 Å². The van der Waals surface area contributed by atoms with Gasteiger partial charge in [-0.3, -0.25) is 4.79 Å². The second-order valence-corrected chi connectivity index (χ2v) is 6.10. The molecular formula is C23H23NO4. The third kappa shape index (κ3) is 4.82. The van der Waals surface area contributed by atoms with E-state index in [2.05, 4.69) is 17.4 Å². The zero-order valence-corrected chi connectivity index (χ0v) is 16.0. The number of carbonyl (C=O) groups is 1. The summed E-state index contributed by atoms with van der Waals surface area (Å²) in [4.78, 5) is 12.8. The van der Waals surface area contributed by atoms with Crippen molar-refractivity contribution in [3.63, 3.8) is 0 Å². The van der Waals surface area contributed by atoms with Crippen LogP contribution in [0.2, 0.25) is 0 Å². The van der Waals surface area contributed by atoms with Crippen molar-refractivity contribution in [3.05, 3.63) is 83.9 Å². The van der Waals surface area contributed by atoms with E-state index in [1.807, 2.05) is 30.3 Å². The molecule has 0 fully saturated rings. The highest BCUT2D eigenvalue weighted by atomic mass is 16.5. The van der Waals surface area contributed by atoms with Crippen LogP contribution in [0.5, 0.6) is 17.2 Å². The Hall–Kier alpha value is -3.47. The maximum Gasteiger partial charge on any atom is 0.259 e. The molecule has 3 aromatic rings. The standard InChI is InChI=1S/C23H23NO4/c1-26-21-13-12-18(16-22(21)27-2)24-23(25)19-10-6-7-11-20(19)28-15-14-17-8-4-3-5-9-17/h3-13,16H,14-15H2,1-2H3,(H,24,25). The smallest absolute Gasteiger partial charge is 0.259 e. The predicted octanol–water partition coefficient (Wildman–Crippen LogP) is 4.58. The van der Waals surface area contributed by atoms with Crippen molar-refractivity contribution in [3.8, 4) is 17.2 Å². The quantitative estimate of drug-likeness (QED) is 0.624. The van der Waals surface area contributed by atoms with E-state index in [0.717, 1.165) is 6.42 Å². The van der Waals surface area contributed by atoms with Gasteiger partial charge in [-0.05, 0) is 29.8 Å². The van der Waals surface area contributed by atoms with Crippen LogP contribution >= 0.6 is 0 Å². The lowest BCUT2D eigenvalue weighted by molar-refractivity contribution is 0.102. The number of amides is 1. The van der Waals surface area contributed by atoms with Crippen LogP contribution in [0.4, 0.5) is 5.69 Å². The maximum atomic E-state index is 12.8. The fourth-order valence-corrected chi connectivity index (χ4v) is 2.82. The van der Waals surface area contributed by atoms with Crippen molar-refractivity contribution in [1.82, 2.24) is 0 Å². The number of hydrogen-bond donors (Lipinski definition) is 1. The number of rotatable bonds is 8. The lowest BCUT2D eigenvalue weighted by atomic mass is 10.1. The number of benzene rings is 3. The van der Waals surface area contributed by atoms with Crippen molar-refractivity contribution < 1.29 is 19.0 Å². The van der Waals surface area contributed by atoms with Gasteiger partial charge in [0.25, 0.3) is 5.91 Å². The average molecular weight is 377 g/mol. The molecule has 144 valence electrons. The van der Waals surface area contributed by atoms with Crippen LogP contribution in [0.25, 0.3) is 0 Å². The van der Waals surface area contributed by atoms with Gasteiger partial charge in [-0.25, -0.2) is 0 Å². The highest BCUT2D eigenvalue weighted by Crippen LogP contribution is 2.30. The molecule has 0 saturated heterocycles. The Bertz CT molecular complexity index is 925. The maximum absolute atomic E-state index is 12.8. The van der Waals surface area contributed by atoms with Gasteiger partial charge in [-0.15, -0.1) is 0 Å². The highest BCUT2D eigenvalue weighted by molar-refractivity contribution is 6.06. The largest absolute Gasteiger partial charge is 0.493 e. The van der Waals surface area contributed by atoms with E-state index < -0.39 is 0 Å². The van der Waals surface area contributed by atoms with E-state index in [0.29, 0.717) is 35.1 Å². The topological polar surface area (TPSA) is 56.8 Å². The van der Waals surface area contributed by atoms with Crippen LogP contribution in [-0.2, 0) is 6.42 Å². The molecule has 3 rings (SSSR count). The number of anilines is 1. The monoisotopic (exact) mass is 377 g/mol. The average Bonchev–Trinajstić information content (AvgIpc) is 2.74. The Kier molecular flexibility index (Phi) is 6.52. The minimum Gasteiger partial charge on any atom is -0.493 e. The Morgan fingerprint density at radius 2 is 1.54 bits per heavy atom. The summed E-state index contributed by atoms with van der Waals surface area (Å²) in [7, 11) is 3.12. The molecule has 0 bridgehead atoms. The molecule has 0 aliphatic heterocycles. The Morgan fingerprint density at radius 1 is 0.821 bits per heavy atom. The number of ether oxygens (including phenoxy) is 3. The van der Waals surface area contributed by atoms with E-state index in [9.17, 15) is 4.79 Å². The molecule has 0 aliphatic carbocycles. The summed E-state index contributed by atoms with van der Waals surface area (Å²) in [5.41, 5.74) is 2.28. The molecule has 0 radical (unpaired) electrons. The normalized spacial score (nSPS) is 10.2. The van der Waals surface area contributed by atoms with Crippen molar-refractivity contribution in [2.45, 2.75) is 6.42 Å². The molecule has 5 nitrogen and oxygen atoms in total. The van der Waals surface area contributed by atoms with Gasteiger partial charge in [-0.1, -0.05) is 42.5 Å². The van der Waals surface area contributed by atoms with E-state index in [1.165, 1.54) is 5.56 Å². The summed E-state index contributed by atoms with van der Waals surface area (Å²) >= 11 is 0. The van der Waals surface area contributed by atoms with Crippen LogP contribution in [0.1, 0.15) is 15.9 Å². The van der Waals surface area contributed by atoms with Crippen molar-refractivity contribution in [2.24, 2.45) is 0 Å². The SMILES string of the molecule is COc1ccc(NC(=O)c2ccccc2OCCc2ccccc2)cc1OC. The van der Waals surface area contributed by atoms with Gasteiger partial charge in [0, 0.05) is 18.2 Å². The first-order valence-electron chi connectivity index (χ1n) is 9.00. The van der Waals surface area contributed by atoms with Crippen LogP contribution in [0.3, 0.4) is 0 Å². The Morgan fingerprint density at radius 3 is 2.29 bits per heavy atom. The van der Waals surface area contributed by atoms with Gasteiger partial charge >= 0.3 is 0 Å². The molecule has 0 saturated carbocycles. The first-order chi connectivity index (χ1) is 13.7. The van der Waals surface area contributed by atoms with Crippen molar-refractivity contribution >= 4 is 11.6 Å². The summed E-state index contributed by atoms with van der Waals surface area (Å²) in [5, 5.41) is 2.88. The fourth-order valence-electron chi connectivity index (χ4n) is 2.82. The predicted molar refractivity (Wildman–Crippen MR) is 110 cm³/mol. The zero-order valence-electron chi connectivity index (χ0n) is 16.0. The first-order valence-corrected chi connectivity index (χ1v) is 9.00. The number of nitrogens with one attached hydrogen (secondary N) is 1. The van der Waals surface area contributed by atoms with Gasteiger partial charge in [-0.2, -0.15) is 0 Å². The van der Waals surface area contributed by atoms with Crippen LogP contribution in [-0.4, -0.2) is 26.7 Å². The third-order valence-corrected chi connectivity index (χ3v) is 4.26. The van der Waals surface area contributed by atoms with E-state index in [-0.39, 0.29) is 5.91 Å². The number of carbonyl (C=O) groups excluding carboxylic acids is 1. The van der Waals surface area contributed by atoms with Gasteiger partial charge in [0.05, 0.1) is 26.4 Å². The third-order valence-electron chi connectivity index (χ3n) is 4.26.